The van der Waals surface area contributed by atoms with E-state index in [1.54, 1.807) is 0 Å². The topological polar surface area (TPSA) is 53.1 Å². The predicted octanol–water partition coefficient (Wildman–Crippen LogP) is 2.91. The van der Waals surface area contributed by atoms with Crippen molar-refractivity contribution in [2.45, 2.75) is 51.9 Å². The molecule has 5 nitrogen and oxygen atoms in total. The minimum atomic E-state index is 0.579. The van der Waals surface area contributed by atoms with E-state index >= 15 is 0 Å². The summed E-state index contributed by atoms with van der Waals surface area (Å²) >= 11 is 0. The van der Waals surface area contributed by atoms with Crippen LogP contribution in [-0.2, 0) is 0 Å². The first-order valence-corrected chi connectivity index (χ1v) is 7.92. The van der Waals surface area contributed by atoms with Crippen molar-refractivity contribution in [3.05, 3.63) is 11.4 Å². The van der Waals surface area contributed by atoms with E-state index in [1.807, 2.05) is 0 Å². The minimum absolute atomic E-state index is 0.579. The molecule has 2 fully saturated rings. The maximum absolute atomic E-state index is 4.77. The molecule has 0 aromatic carbocycles. The molecule has 0 amide bonds. The fourth-order valence-corrected chi connectivity index (χ4v) is 2.66. The highest BCUT2D eigenvalue weighted by atomic mass is 15.5. The number of hydrazine groups is 1. The number of hydrogen-bond acceptors (Lipinski definition) is 5. The van der Waals surface area contributed by atoms with Crippen LogP contribution in [0.4, 0.5) is 11.6 Å². The molecule has 1 saturated carbocycles. The van der Waals surface area contributed by atoms with E-state index in [4.69, 9.17) is 9.97 Å². The molecule has 1 aliphatic carbocycles. The fraction of sp³-hybridized carbons (Fsp3) is 0.733. The summed E-state index contributed by atoms with van der Waals surface area (Å²) in [5, 5.41) is 5.66. The van der Waals surface area contributed by atoms with Crippen molar-refractivity contribution < 1.29 is 0 Å². The Kier molecular flexibility index (Phi) is 4.05. The second-order valence-electron chi connectivity index (χ2n) is 5.87. The lowest BCUT2D eigenvalue weighted by Crippen LogP contribution is -2.35. The molecule has 1 aliphatic heterocycles. The zero-order valence-corrected chi connectivity index (χ0v) is 12.6. The Bertz CT molecular complexity index is 464. The van der Waals surface area contributed by atoms with Crippen molar-refractivity contribution in [2.24, 2.45) is 0 Å². The van der Waals surface area contributed by atoms with Crippen molar-refractivity contribution in [3.63, 3.8) is 0 Å². The van der Waals surface area contributed by atoms with Gasteiger partial charge in [-0.25, -0.2) is 15.0 Å². The van der Waals surface area contributed by atoms with E-state index < -0.39 is 0 Å². The van der Waals surface area contributed by atoms with Gasteiger partial charge in [0.1, 0.15) is 17.5 Å². The molecule has 0 spiro atoms. The molecule has 3 rings (SSSR count). The number of anilines is 2. The summed E-state index contributed by atoms with van der Waals surface area (Å²) < 4.78 is 0. The maximum atomic E-state index is 4.77. The van der Waals surface area contributed by atoms with E-state index in [1.165, 1.54) is 32.1 Å². The van der Waals surface area contributed by atoms with Crippen LogP contribution in [0, 0.1) is 6.92 Å². The summed E-state index contributed by atoms with van der Waals surface area (Å²) in [6, 6.07) is 0. The number of rotatable bonds is 5. The number of aromatic nitrogens is 2. The smallest absolute Gasteiger partial charge is 0.149 e. The first-order chi connectivity index (χ1) is 9.78. The predicted molar refractivity (Wildman–Crippen MR) is 82.0 cm³/mol. The van der Waals surface area contributed by atoms with Gasteiger partial charge < -0.3 is 10.7 Å². The summed E-state index contributed by atoms with van der Waals surface area (Å²) in [5.74, 6) is 3.56. The van der Waals surface area contributed by atoms with E-state index in [0.717, 1.165) is 42.7 Å². The van der Waals surface area contributed by atoms with E-state index in [-0.39, 0.29) is 0 Å². The van der Waals surface area contributed by atoms with Crippen molar-refractivity contribution in [3.8, 4) is 0 Å². The van der Waals surface area contributed by atoms with Crippen molar-refractivity contribution in [2.75, 3.05) is 30.4 Å². The van der Waals surface area contributed by atoms with Crippen LogP contribution >= 0.6 is 0 Å². The maximum Gasteiger partial charge on any atom is 0.149 e. The zero-order valence-electron chi connectivity index (χ0n) is 12.6. The SMILES string of the molecule is CCNc1nc(C2CC2)nc(NN2CCCCC2)c1C. The van der Waals surface area contributed by atoms with Gasteiger partial charge in [0.25, 0.3) is 0 Å². The van der Waals surface area contributed by atoms with Gasteiger partial charge in [-0.3, -0.25) is 0 Å². The van der Waals surface area contributed by atoms with Gasteiger partial charge in [-0.2, -0.15) is 0 Å². The molecule has 20 heavy (non-hydrogen) atoms. The second kappa shape index (κ2) is 5.95. The van der Waals surface area contributed by atoms with Crippen LogP contribution in [-0.4, -0.2) is 34.6 Å². The summed E-state index contributed by atoms with van der Waals surface area (Å²) in [4.78, 5) is 9.46. The lowest BCUT2D eigenvalue weighted by Gasteiger charge is -2.28. The van der Waals surface area contributed by atoms with Gasteiger partial charge in [0.15, 0.2) is 0 Å². The van der Waals surface area contributed by atoms with Crippen LogP contribution in [0.1, 0.15) is 56.3 Å². The molecule has 0 radical (unpaired) electrons. The Morgan fingerprint density at radius 2 is 1.80 bits per heavy atom. The van der Waals surface area contributed by atoms with Crippen molar-refractivity contribution in [1.82, 2.24) is 15.0 Å². The van der Waals surface area contributed by atoms with Gasteiger partial charge in [-0.1, -0.05) is 6.42 Å². The molecule has 1 saturated heterocycles. The van der Waals surface area contributed by atoms with Crippen LogP contribution in [0.2, 0.25) is 0 Å². The molecule has 2 N–H and O–H groups in total. The van der Waals surface area contributed by atoms with E-state index in [9.17, 15) is 0 Å². The first kappa shape index (κ1) is 13.6. The van der Waals surface area contributed by atoms with Gasteiger partial charge in [0.05, 0.1) is 0 Å². The van der Waals surface area contributed by atoms with E-state index in [2.05, 4.69) is 29.6 Å². The van der Waals surface area contributed by atoms with Gasteiger partial charge in [0.2, 0.25) is 0 Å². The molecule has 1 aromatic heterocycles. The average molecular weight is 275 g/mol. The Morgan fingerprint density at radius 1 is 1.10 bits per heavy atom. The van der Waals surface area contributed by atoms with Crippen LogP contribution in [0.25, 0.3) is 0 Å². The number of nitrogens with zero attached hydrogens (tertiary/aromatic N) is 3. The third-order valence-corrected chi connectivity index (χ3v) is 4.07. The van der Waals surface area contributed by atoms with Gasteiger partial charge in [-0.15, -0.1) is 0 Å². The highest BCUT2D eigenvalue weighted by molar-refractivity contribution is 5.57. The molecule has 0 unspecified atom stereocenters. The molecular formula is C15H25N5. The quantitative estimate of drug-likeness (QED) is 0.865. The van der Waals surface area contributed by atoms with Gasteiger partial charge in [0, 0.05) is 31.1 Å². The molecule has 0 atom stereocenters. The number of nitrogens with one attached hydrogen (secondary N) is 2. The Morgan fingerprint density at radius 3 is 2.45 bits per heavy atom. The highest BCUT2D eigenvalue weighted by Gasteiger charge is 2.28. The summed E-state index contributed by atoms with van der Waals surface area (Å²) in [6.07, 6.45) is 6.35. The Balaban J connectivity index is 1.82. The first-order valence-electron chi connectivity index (χ1n) is 7.92. The molecule has 110 valence electrons. The normalized spacial score (nSPS) is 19.9. The molecule has 2 heterocycles. The van der Waals surface area contributed by atoms with Gasteiger partial charge in [-0.05, 0) is 39.5 Å². The Hall–Kier alpha value is -1.36. The summed E-state index contributed by atoms with van der Waals surface area (Å²) in [6.45, 7) is 7.32. The number of piperidine rings is 1. The van der Waals surface area contributed by atoms with E-state index in [0.29, 0.717) is 5.92 Å². The monoisotopic (exact) mass is 275 g/mol. The van der Waals surface area contributed by atoms with Crippen LogP contribution in [0.3, 0.4) is 0 Å². The molecule has 0 bridgehead atoms. The number of hydrogen-bond donors (Lipinski definition) is 2. The molecule has 1 aromatic rings. The fourth-order valence-electron chi connectivity index (χ4n) is 2.66. The standard InChI is InChI=1S/C15H25N5/c1-3-16-13-11(2)14(18-15(17-13)12-7-8-12)19-20-9-5-4-6-10-20/h12H,3-10H2,1-2H3,(H2,16,17,18,19). The Labute approximate surface area is 121 Å². The lowest BCUT2D eigenvalue weighted by molar-refractivity contribution is 0.272. The third-order valence-electron chi connectivity index (χ3n) is 4.07. The molecular weight excluding hydrogens is 250 g/mol. The largest absolute Gasteiger partial charge is 0.370 e. The average Bonchev–Trinajstić information content (AvgIpc) is 3.29. The second-order valence-corrected chi connectivity index (χ2v) is 5.87. The minimum Gasteiger partial charge on any atom is -0.370 e. The highest BCUT2D eigenvalue weighted by Crippen LogP contribution is 2.39. The summed E-state index contributed by atoms with van der Waals surface area (Å²) in [7, 11) is 0. The van der Waals surface area contributed by atoms with Crippen LogP contribution in [0.5, 0.6) is 0 Å². The van der Waals surface area contributed by atoms with Crippen LogP contribution in [0.15, 0.2) is 0 Å². The van der Waals surface area contributed by atoms with Crippen molar-refractivity contribution >= 4 is 11.6 Å². The third kappa shape index (κ3) is 3.03. The molecule has 5 heteroatoms. The zero-order chi connectivity index (χ0) is 13.9. The van der Waals surface area contributed by atoms with Crippen LogP contribution < -0.4 is 10.7 Å². The summed E-state index contributed by atoms with van der Waals surface area (Å²) in [5.41, 5.74) is 4.64. The van der Waals surface area contributed by atoms with Crippen molar-refractivity contribution in [1.29, 1.82) is 0 Å². The lowest BCUT2D eigenvalue weighted by atomic mass is 10.2. The molecule has 2 aliphatic rings. The van der Waals surface area contributed by atoms with Gasteiger partial charge >= 0.3 is 0 Å².